The number of benzene rings is 2. The third kappa shape index (κ3) is 3.73. The number of imidazole rings is 1. The van der Waals surface area contributed by atoms with Crippen LogP contribution in [0.15, 0.2) is 30.6 Å². The van der Waals surface area contributed by atoms with Gasteiger partial charge >= 0.3 is 0 Å². The number of hydrogen-bond donors (Lipinski definition) is 4. The maximum absolute atomic E-state index is 14.9. The molecule has 0 atom stereocenters. The van der Waals surface area contributed by atoms with Crippen LogP contribution in [0, 0.1) is 5.82 Å². The average molecular weight is 399 g/mol. The van der Waals surface area contributed by atoms with E-state index in [1.165, 1.54) is 18.5 Å². The van der Waals surface area contributed by atoms with Gasteiger partial charge in [-0.1, -0.05) is 23.2 Å². The fraction of sp³-hybridized carbons (Fsp3) is 0.125. The number of hydrogen-bond acceptors (Lipinski definition) is 5. The summed E-state index contributed by atoms with van der Waals surface area (Å²) in [7, 11) is 0. The highest BCUT2D eigenvalue weighted by molar-refractivity contribution is 6.36. The SMILES string of the molecule is O=C(NOCCO)c1cc2[nH]cnc2c(F)c1Nc1ccc(Cl)cc1Cl. The molecule has 0 radical (unpaired) electrons. The smallest absolute Gasteiger partial charge is 0.277 e. The molecule has 26 heavy (non-hydrogen) atoms. The lowest BCUT2D eigenvalue weighted by atomic mass is 10.1. The van der Waals surface area contributed by atoms with Crippen molar-refractivity contribution in [3.8, 4) is 0 Å². The van der Waals surface area contributed by atoms with Crippen molar-refractivity contribution in [2.75, 3.05) is 18.5 Å². The number of carbonyl (C=O) groups excluding carboxylic acids is 1. The van der Waals surface area contributed by atoms with Gasteiger partial charge in [0, 0.05) is 5.02 Å². The lowest BCUT2D eigenvalue weighted by Gasteiger charge is -2.15. The number of fused-ring (bicyclic) bond motifs is 1. The Balaban J connectivity index is 2.04. The molecule has 2 aromatic carbocycles. The largest absolute Gasteiger partial charge is 0.394 e. The fourth-order valence-corrected chi connectivity index (χ4v) is 2.74. The minimum atomic E-state index is -0.734. The highest BCUT2D eigenvalue weighted by Crippen LogP contribution is 2.33. The number of anilines is 2. The Morgan fingerprint density at radius 3 is 2.88 bits per heavy atom. The van der Waals surface area contributed by atoms with E-state index in [1.54, 1.807) is 12.1 Å². The van der Waals surface area contributed by atoms with Gasteiger partial charge in [0.05, 0.1) is 47.0 Å². The number of hydroxylamine groups is 1. The van der Waals surface area contributed by atoms with Crippen molar-refractivity contribution in [1.29, 1.82) is 0 Å². The molecule has 0 aliphatic carbocycles. The number of rotatable bonds is 6. The molecule has 0 saturated heterocycles. The van der Waals surface area contributed by atoms with Gasteiger partial charge in [-0.3, -0.25) is 9.63 Å². The molecule has 1 amide bonds. The number of nitrogens with zero attached hydrogens (tertiary/aromatic N) is 1. The second-order valence-electron chi connectivity index (χ2n) is 5.16. The second-order valence-corrected chi connectivity index (χ2v) is 6.01. The van der Waals surface area contributed by atoms with Gasteiger partial charge in [0.15, 0.2) is 5.82 Å². The molecule has 1 aromatic heterocycles. The molecule has 0 unspecified atom stereocenters. The lowest BCUT2D eigenvalue weighted by Crippen LogP contribution is -2.26. The van der Waals surface area contributed by atoms with E-state index in [9.17, 15) is 9.18 Å². The van der Waals surface area contributed by atoms with E-state index in [1.807, 2.05) is 0 Å². The molecule has 0 spiro atoms. The van der Waals surface area contributed by atoms with E-state index in [0.29, 0.717) is 16.2 Å². The van der Waals surface area contributed by atoms with Crippen LogP contribution in [0.3, 0.4) is 0 Å². The highest BCUT2D eigenvalue weighted by atomic mass is 35.5. The van der Waals surface area contributed by atoms with Crippen LogP contribution in [0.5, 0.6) is 0 Å². The Kier molecular flexibility index (Phi) is 5.58. The molecule has 136 valence electrons. The standard InChI is InChI=1S/C16H13Cl2FN4O3/c17-8-1-2-11(10(18)5-8)22-14-9(16(25)23-26-4-3-24)6-12-15(13(14)19)21-7-20-12/h1-2,5-7,22,24H,3-4H2,(H,20,21)(H,23,25). The van der Waals surface area contributed by atoms with Crippen LogP contribution < -0.4 is 10.8 Å². The zero-order valence-electron chi connectivity index (χ0n) is 13.1. The van der Waals surface area contributed by atoms with Crippen molar-refractivity contribution in [2.45, 2.75) is 0 Å². The second kappa shape index (κ2) is 7.88. The zero-order chi connectivity index (χ0) is 18.7. The number of H-pyrrole nitrogens is 1. The first kappa shape index (κ1) is 18.4. The van der Waals surface area contributed by atoms with Crippen molar-refractivity contribution >= 4 is 51.5 Å². The van der Waals surface area contributed by atoms with E-state index in [-0.39, 0.29) is 35.0 Å². The summed E-state index contributed by atoms with van der Waals surface area (Å²) in [5, 5.41) is 12.2. The van der Waals surface area contributed by atoms with E-state index >= 15 is 0 Å². The maximum Gasteiger partial charge on any atom is 0.277 e. The van der Waals surface area contributed by atoms with E-state index in [4.69, 9.17) is 33.1 Å². The minimum absolute atomic E-state index is 0.0387. The van der Waals surface area contributed by atoms with Crippen LogP contribution in [0.25, 0.3) is 11.0 Å². The third-order valence-electron chi connectivity index (χ3n) is 3.45. The molecule has 0 bridgehead atoms. The van der Waals surface area contributed by atoms with Gasteiger partial charge in [0.2, 0.25) is 0 Å². The van der Waals surface area contributed by atoms with Gasteiger partial charge in [-0.15, -0.1) is 0 Å². The Hall–Kier alpha value is -2.39. The quantitative estimate of drug-likeness (QED) is 0.376. The van der Waals surface area contributed by atoms with Crippen molar-refractivity contribution < 1.29 is 19.1 Å². The predicted molar refractivity (Wildman–Crippen MR) is 96.3 cm³/mol. The van der Waals surface area contributed by atoms with Gasteiger partial charge < -0.3 is 15.4 Å². The van der Waals surface area contributed by atoms with Crippen molar-refractivity contribution in [3.63, 3.8) is 0 Å². The summed E-state index contributed by atoms with van der Waals surface area (Å²) in [6, 6.07) is 6.05. The summed E-state index contributed by atoms with van der Waals surface area (Å²) >= 11 is 12.0. The summed E-state index contributed by atoms with van der Waals surface area (Å²) in [4.78, 5) is 23.8. The van der Waals surface area contributed by atoms with E-state index in [0.717, 1.165) is 0 Å². The van der Waals surface area contributed by atoms with Gasteiger partial charge in [0.25, 0.3) is 5.91 Å². The molecule has 0 aliphatic heterocycles. The lowest BCUT2D eigenvalue weighted by molar-refractivity contribution is 0.0169. The predicted octanol–water partition coefficient (Wildman–Crippen LogP) is 3.41. The average Bonchev–Trinajstić information content (AvgIpc) is 3.08. The Bertz CT molecular complexity index is 964. The normalized spacial score (nSPS) is 10.9. The topological polar surface area (TPSA) is 99.3 Å². The number of halogens is 3. The molecule has 3 rings (SSSR count). The Labute approximate surface area is 157 Å². The third-order valence-corrected chi connectivity index (χ3v) is 4.00. The molecule has 0 aliphatic rings. The number of aliphatic hydroxyl groups is 1. The van der Waals surface area contributed by atoms with Crippen molar-refractivity contribution in [3.05, 3.63) is 52.0 Å². The number of aromatic nitrogens is 2. The summed E-state index contributed by atoms with van der Waals surface area (Å²) in [6.07, 6.45) is 1.32. The van der Waals surface area contributed by atoms with Crippen LogP contribution in [-0.2, 0) is 4.84 Å². The molecule has 1 heterocycles. The number of aromatic amines is 1. The fourth-order valence-electron chi connectivity index (χ4n) is 2.29. The van der Waals surface area contributed by atoms with Gasteiger partial charge in [-0.05, 0) is 24.3 Å². The highest BCUT2D eigenvalue weighted by Gasteiger charge is 2.21. The maximum atomic E-state index is 14.9. The van der Waals surface area contributed by atoms with Crippen LogP contribution >= 0.6 is 23.2 Å². The number of carbonyl (C=O) groups is 1. The zero-order valence-corrected chi connectivity index (χ0v) is 14.7. The first-order chi connectivity index (χ1) is 12.5. The molecule has 7 nitrogen and oxygen atoms in total. The van der Waals surface area contributed by atoms with Crippen molar-refractivity contribution in [1.82, 2.24) is 15.4 Å². The first-order valence-electron chi connectivity index (χ1n) is 7.42. The first-order valence-corrected chi connectivity index (χ1v) is 8.17. The summed E-state index contributed by atoms with van der Waals surface area (Å²) < 4.78 is 14.9. The Morgan fingerprint density at radius 1 is 1.35 bits per heavy atom. The van der Waals surface area contributed by atoms with Gasteiger partial charge in [0.1, 0.15) is 5.52 Å². The van der Waals surface area contributed by atoms with Crippen LogP contribution in [0.1, 0.15) is 10.4 Å². The van der Waals surface area contributed by atoms with Crippen LogP contribution in [0.2, 0.25) is 10.0 Å². The Morgan fingerprint density at radius 2 is 2.15 bits per heavy atom. The summed E-state index contributed by atoms with van der Waals surface area (Å²) in [5.74, 6) is -1.44. The van der Waals surface area contributed by atoms with Gasteiger partial charge in [-0.2, -0.15) is 0 Å². The number of nitrogens with one attached hydrogen (secondary N) is 3. The molecule has 0 fully saturated rings. The molecular formula is C16H13Cl2FN4O3. The van der Waals surface area contributed by atoms with Crippen molar-refractivity contribution in [2.24, 2.45) is 0 Å². The summed E-state index contributed by atoms with van der Waals surface area (Å²) in [5.41, 5.74) is 2.73. The number of aliphatic hydroxyl groups excluding tert-OH is 1. The molecule has 0 saturated carbocycles. The molecular weight excluding hydrogens is 386 g/mol. The minimum Gasteiger partial charge on any atom is -0.394 e. The van der Waals surface area contributed by atoms with Crippen LogP contribution in [-0.4, -0.2) is 34.2 Å². The van der Waals surface area contributed by atoms with Crippen LogP contribution in [0.4, 0.5) is 15.8 Å². The van der Waals surface area contributed by atoms with E-state index in [2.05, 4.69) is 20.8 Å². The van der Waals surface area contributed by atoms with Gasteiger partial charge in [-0.25, -0.2) is 14.9 Å². The molecule has 4 N–H and O–H groups in total. The molecule has 10 heteroatoms. The van der Waals surface area contributed by atoms with E-state index < -0.39 is 11.7 Å². The molecule has 3 aromatic rings. The summed E-state index contributed by atoms with van der Waals surface area (Å²) in [6.45, 7) is -0.383. The monoisotopic (exact) mass is 398 g/mol. The number of amides is 1.